The van der Waals surface area contributed by atoms with E-state index in [9.17, 15) is 0 Å². The van der Waals surface area contributed by atoms with Crippen LogP contribution in [0.2, 0.25) is 5.02 Å². The van der Waals surface area contributed by atoms with E-state index in [0.717, 1.165) is 41.5 Å². The molecular formula is C16H14ClN3OS. The molecule has 4 rings (SSSR count). The molecule has 1 aliphatic heterocycles. The zero-order chi connectivity index (χ0) is 15.1. The van der Waals surface area contributed by atoms with Gasteiger partial charge in [-0.05, 0) is 36.1 Å². The lowest BCUT2D eigenvalue weighted by atomic mass is 10.1. The molecule has 0 unspecified atom stereocenters. The van der Waals surface area contributed by atoms with Crippen molar-refractivity contribution in [3.05, 3.63) is 45.6 Å². The number of benzene rings is 1. The van der Waals surface area contributed by atoms with Crippen molar-refractivity contribution >= 4 is 28.8 Å². The van der Waals surface area contributed by atoms with Gasteiger partial charge in [-0.25, -0.2) is 4.68 Å². The first-order valence-corrected chi connectivity index (χ1v) is 8.32. The van der Waals surface area contributed by atoms with E-state index >= 15 is 0 Å². The van der Waals surface area contributed by atoms with Crippen molar-refractivity contribution in [1.82, 2.24) is 9.78 Å². The Morgan fingerprint density at radius 1 is 1.36 bits per heavy atom. The number of ether oxygens (including phenoxy) is 1. The summed E-state index contributed by atoms with van der Waals surface area (Å²) in [7, 11) is 1.66. The molecule has 0 aliphatic carbocycles. The SMILES string of the molecule is COc1ccc(Cl)cc1-n1nc(-c2ccsc2)c2c1NCC2. The summed E-state index contributed by atoms with van der Waals surface area (Å²) in [6.45, 7) is 0.924. The number of nitrogens with one attached hydrogen (secondary N) is 1. The van der Waals surface area contributed by atoms with Crippen LogP contribution in [0.4, 0.5) is 5.82 Å². The summed E-state index contributed by atoms with van der Waals surface area (Å²) in [4.78, 5) is 0. The van der Waals surface area contributed by atoms with Gasteiger partial charge in [0.05, 0.1) is 12.8 Å². The minimum absolute atomic E-state index is 0.662. The van der Waals surface area contributed by atoms with Crippen molar-refractivity contribution in [1.29, 1.82) is 0 Å². The number of nitrogens with zero attached hydrogens (tertiary/aromatic N) is 2. The monoisotopic (exact) mass is 331 g/mol. The third-order valence-corrected chi connectivity index (χ3v) is 4.73. The lowest BCUT2D eigenvalue weighted by molar-refractivity contribution is 0.412. The maximum atomic E-state index is 6.17. The molecule has 0 saturated carbocycles. The van der Waals surface area contributed by atoms with Crippen molar-refractivity contribution in [2.45, 2.75) is 6.42 Å². The number of aromatic nitrogens is 2. The van der Waals surface area contributed by atoms with Crippen LogP contribution >= 0.6 is 22.9 Å². The van der Waals surface area contributed by atoms with Crippen LogP contribution in [0.25, 0.3) is 16.9 Å². The van der Waals surface area contributed by atoms with E-state index in [0.29, 0.717) is 5.02 Å². The third kappa shape index (κ3) is 2.09. The van der Waals surface area contributed by atoms with Gasteiger partial charge >= 0.3 is 0 Å². The molecule has 0 bridgehead atoms. The fourth-order valence-corrected chi connectivity index (χ4v) is 3.62. The van der Waals surface area contributed by atoms with Gasteiger partial charge in [-0.2, -0.15) is 16.4 Å². The standard InChI is InChI=1S/C16H14ClN3OS/c1-21-14-3-2-11(17)8-13(14)20-16-12(4-6-18-16)15(19-20)10-5-7-22-9-10/h2-3,5,7-9,18H,4,6H2,1H3. The minimum Gasteiger partial charge on any atom is -0.494 e. The van der Waals surface area contributed by atoms with Gasteiger partial charge in [0.1, 0.15) is 17.3 Å². The Kier molecular flexibility index (Phi) is 3.32. The van der Waals surface area contributed by atoms with E-state index in [1.54, 1.807) is 18.4 Å². The smallest absolute Gasteiger partial charge is 0.144 e. The van der Waals surface area contributed by atoms with E-state index in [1.165, 1.54) is 5.56 Å². The number of fused-ring (bicyclic) bond motifs is 1. The van der Waals surface area contributed by atoms with Crippen LogP contribution in [0.1, 0.15) is 5.56 Å². The zero-order valence-electron chi connectivity index (χ0n) is 12.0. The maximum Gasteiger partial charge on any atom is 0.144 e. The Morgan fingerprint density at radius 2 is 2.27 bits per heavy atom. The van der Waals surface area contributed by atoms with E-state index < -0.39 is 0 Å². The summed E-state index contributed by atoms with van der Waals surface area (Å²) in [5.74, 6) is 1.78. The van der Waals surface area contributed by atoms with Crippen molar-refractivity contribution in [2.75, 3.05) is 19.0 Å². The summed E-state index contributed by atoms with van der Waals surface area (Å²) < 4.78 is 7.37. The minimum atomic E-state index is 0.662. The normalized spacial score (nSPS) is 13.0. The molecule has 2 aromatic heterocycles. The molecule has 4 nitrogen and oxygen atoms in total. The van der Waals surface area contributed by atoms with Gasteiger partial charge < -0.3 is 10.1 Å². The van der Waals surface area contributed by atoms with Gasteiger partial charge in [0.25, 0.3) is 0 Å². The second-order valence-corrected chi connectivity index (χ2v) is 6.31. The summed E-state index contributed by atoms with van der Waals surface area (Å²) >= 11 is 7.85. The topological polar surface area (TPSA) is 39.1 Å². The van der Waals surface area contributed by atoms with Gasteiger partial charge in [0.15, 0.2) is 0 Å². The van der Waals surface area contributed by atoms with Crippen LogP contribution in [0.15, 0.2) is 35.0 Å². The Morgan fingerprint density at radius 3 is 3.05 bits per heavy atom. The molecule has 3 heterocycles. The van der Waals surface area contributed by atoms with Crippen molar-refractivity contribution in [3.8, 4) is 22.7 Å². The average molecular weight is 332 g/mol. The van der Waals surface area contributed by atoms with Crippen molar-refractivity contribution in [2.24, 2.45) is 0 Å². The van der Waals surface area contributed by atoms with Gasteiger partial charge in [0.2, 0.25) is 0 Å². The average Bonchev–Trinajstić information content (AvgIpc) is 3.24. The molecule has 0 radical (unpaired) electrons. The number of hydrogen-bond acceptors (Lipinski definition) is 4. The van der Waals surface area contributed by atoms with E-state index in [4.69, 9.17) is 21.4 Å². The summed E-state index contributed by atoms with van der Waals surface area (Å²) in [6.07, 6.45) is 0.976. The Labute approximate surface area is 137 Å². The zero-order valence-corrected chi connectivity index (χ0v) is 13.5. The fourth-order valence-electron chi connectivity index (χ4n) is 2.81. The highest BCUT2D eigenvalue weighted by Gasteiger charge is 2.25. The van der Waals surface area contributed by atoms with E-state index in [-0.39, 0.29) is 0 Å². The van der Waals surface area contributed by atoms with Gasteiger partial charge in [-0.1, -0.05) is 11.6 Å². The first kappa shape index (κ1) is 13.7. The number of halogens is 1. The highest BCUT2D eigenvalue weighted by atomic mass is 35.5. The largest absolute Gasteiger partial charge is 0.494 e. The van der Waals surface area contributed by atoms with Crippen LogP contribution in [-0.2, 0) is 6.42 Å². The molecule has 6 heteroatoms. The second-order valence-electron chi connectivity index (χ2n) is 5.09. The van der Waals surface area contributed by atoms with Crippen LogP contribution in [0.3, 0.4) is 0 Å². The molecule has 3 aromatic rings. The number of rotatable bonds is 3. The van der Waals surface area contributed by atoms with Crippen LogP contribution in [0.5, 0.6) is 5.75 Å². The molecule has 112 valence electrons. The lowest BCUT2D eigenvalue weighted by Crippen LogP contribution is -2.05. The van der Waals surface area contributed by atoms with Gasteiger partial charge in [-0.3, -0.25) is 0 Å². The fraction of sp³-hybridized carbons (Fsp3) is 0.188. The highest BCUT2D eigenvalue weighted by molar-refractivity contribution is 7.08. The molecule has 0 saturated heterocycles. The molecule has 22 heavy (non-hydrogen) atoms. The highest BCUT2D eigenvalue weighted by Crippen LogP contribution is 2.37. The number of hydrogen-bond donors (Lipinski definition) is 1. The Balaban J connectivity index is 1.94. The molecule has 0 spiro atoms. The maximum absolute atomic E-state index is 6.17. The Hall–Kier alpha value is -1.98. The molecule has 0 fully saturated rings. The molecule has 0 atom stereocenters. The van der Waals surface area contributed by atoms with Crippen molar-refractivity contribution in [3.63, 3.8) is 0 Å². The predicted molar refractivity (Wildman–Crippen MR) is 90.6 cm³/mol. The van der Waals surface area contributed by atoms with Crippen LogP contribution in [0, 0.1) is 0 Å². The van der Waals surface area contributed by atoms with Gasteiger partial charge in [0, 0.05) is 28.1 Å². The van der Waals surface area contributed by atoms with E-state index in [1.807, 2.05) is 22.9 Å². The third-order valence-electron chi connectivity index (χ3n) is 3.81. The number of methoxy groups -OCH3 is 1. The quantitative estimate of drug-likeness (QED) is 0.780. The van der Waals surface area contributed by atoms with Crippen LogP contribution < -0.4 is 10.1 Å². The van der Waals surface area contributed by atoms with E-state index in [2.05, 4.69) is 22.1 Å². The molecule has 1 aromatic carbocycles. The van der Waals surface area contributed by atoms with Crippen LogP contribution in [-0.4, -0.2) is 23.4 Å². The lowest BCUT2D eigenvalue weighted by Gasteiger charge is -2.11. The predicted octanol–water partition coefficient (Wildman–Crippen LogP) is 4.23. The first-order chi connectivity index (χ1) is 10.8. The summed E-state index contributed by atoms with van der Waals surface area (Å²) in [5, 5.41) is 13.1. The molecule has 1 N–H and O–H groups in total. The van der Waals surface area contributed by atoms with Crippen molar-refractivity contribution < 1.29 is 4.74 Å². The summed E-state index contributed by atoms with van der Waals surface area (Å²) in [6, 6.07) is 7.67. The first-order valence-electron chi connectivity index (χ1n) is 7.00. The second kappa shape index (κ2) is 5.34. The van der Waals surface area contributed by atoms with Gasteiger partial charge in [-0.15, -0.1) is 0 Å². The number of thiophene rings is 1. The molecule has 1 aliphatic rings. The Bertz CT molecular complexity index is 826. The number of anilines is 1. The molecule has 0 amide bonds. The molecular weight excluding hydrogens is 318 g/mol. The summed E-state index contributed by atoms with van der Waals surface area (Å²) in [5.41, 5.74) is 4.29.